The second-order valence-corrected chi connectivity index (χ2v) is 6.12. The second-order valence-electron chi connectivity index (χ2n) is 6.12. The molecule has 1 aliphatic rings. The third-order valence-electron chi connectivity index (χ3n) is 4.56. The maximum absolute atomic E-state index is 11.3. The summed E-state index contributed by atoms with van der Waals surface area (Å²) in [5, 5.41) is 13.9. The zero-order valence-electron chi connectivity index (χ0n) is 14.0. The van der Waals surface area contributed by atoms with Crippen molar-refractivity contribution in [2.45, 2.75) is 0 Å². The van der Waals surface area contributed by atoms with Gasteiger partial charge in [0.25, 0.3) is 0 Å². The van der Waals surface area contributed by atoms with E-state index in [1.807, 2.05) is 31.3 Å². The van der Waals surface area contributed by atoms with Crippen molar-refractivity contribution in [1.82, 2.24) is 24.8 Å². The third kappa shape index (κ3) is 2.05. The van der Waals surface area contributed by atoms with E-state index in [1.54, 1.807) is 16.8 Å². The number of para-hydroxylation sites is 1. The van der Waals surface area contributed by atoms with Gasteiger partial charge in [0.2, 0.25) is 11.5 Å². The Kier molecular flexibility index (Phi) is 3.11. The van der Waals surface area contributed by atoms with Crippen molar-refractivity contribution in [3.63, 3.8) is 0 Å². The fourth-order valence-electron chi connectivity index (χ4n) is 3.18. The van der Waals surface area contributed by atoms with Gasteiger partial charge in [0.05, 0.1) is 18.3 Å². The number of anilines is 1. The summed E-state index contributed by atoms with van der Waals surface area (Å²) in [5.41, 5.74) is 3.20. The van der Waals surface area contributed by atoms with Crippen molar-refractivity contribution in [2.24, 2.45) is 0 Å². The molecule has 0 amide bonds. The molecule has 0 bridgehead atoms. The summed E-state index contributed by atoms with van der Waals surface area (Å²) < 4.78 is 7.41. The Hall–Kier alpha value is -3.55. The first-order valence-electron chi connectivity index (χ1n) is 8.20. The molecule has 1 aliphatic heterocycles. The van der Waals surface area contributed by atoms with Gasteiger partial charge in [-0.05, 0) is 12.1 Å². The number of aromatic nitrogens is 5. The smallest absolute Gasteiger partial charge is 0.222 e. The maximum Gasteiger partial charge on any atom is 0.222 e. The Morgan fingerprint density at radius 2 is 2.12 bits per heavy atom. The molecule has 5 rings (SSSR count). The Balaban J connectivity index is 1.73. The van der Waals surface area contributed by atoms with Gasteiger partial charge in [-0.2, -0.15) is 9.61 Å². The number of likely N-dealkylation sites (N-methyl/N-ethyl adjacent to an activating group) is 1. The van der Waals surface area contributed by atoms with Crippen LogP contribution in [0.1, 0.15) is 10.4 Å². The molecule has 1 aromatic carbocycles. The average Bonchev–Trinajstić information content (AvgIpc) is 3.12. The third-order valence-corrected chi connectivity index (χ3v) is 4.56. The minimum absolute atomic E-state index is 0.502. The van der Waals surface area contributed by atoms with E-state index >= 15 is 0 Å². The van der Waals surface area contributed by atoms with Crippen LogP contribution in [0.5, 0.6) is 5.75 Å². The molecule has 8 nitrogen and oxygen atoms in total. The van der Waals surface area contributed by atoms with Gasteiger partial charge in [-0.25, -0.2) is 4.98 Å². The number of nitrogens with zero attached hydrogens (tertiary/aromatic N) is 6. The van der Waals surface area contributed by atoms with Gasteiger partial charge in [-0.1, -0.05) is 18.2 Å². The summed E-state index contributed by atoms with van der Waals surface area (Å²) >= 11 is 0. The zero-order valence-corrected chi connectivity index (χ0v) is 14.0. The van der Waals surface area contributed by atoms with E-state index in [4.69, 9.17) is 4.74 Å². The number of carbonyl (C=O) groups is 1. The highest BCUT2D eigenvalue weighted by Gasteiger charge is 2.23. The van der Waals surface area contributed by atoms with Crippen LogP contribution >= 0.6 is 0 Å². The zero-order chi connectivity index (χ0) is 17.7. The van der Waals surface area contributed by atoms with Crippen LogP contribution in [0.2, 0.25) is 0 Å². The van der Waals surface area contributed by atoms with Crippen molar-refractivity contribution in [2.75, 3.05) is 25.1 Å². The minimum atomic E-state index is 0.502. The Labute approximate surface area is 148 Å². The monoisotopic (exact) mass is 346 g/mol. The number of aldehydes is 1. The van der Waals surface area contributed by atoms with Gasteiger partial charge in [-0.3, -0.25) is 4.79 Å². The van der Waals surface area contributed by atoms with Gasteiger partial charge in [0.1, 0.15) is 18.0 Å². The first-order valence-corrected chi connectivity index (χ1v) is 8.20. The van der Waals surface area contributed by atoms with Gasteiger partial charge in [0.15, 0.2) is 12.0 Å². The normalized spacial score (nSPS) is 13.7. The van der Waals surface area contributed by atoms with E-state index in [-0.39, 0.29) is 0 Å². The molecular formula is C18H14N6O2. The lowest BCUT2D eigenvalue weighted by atomic mass is 10.1. The average molecular weight is 346 g/mol. The van der Waals surface area contributed by atoms with Crippen LogP contribution in [-0.2, 0) is 0 Å². The first-order chi connectivity index (χ1) is 12.8. The fraction of sp³-hybridized carbons (Fsp3) is 0.167. The molecule has 128 valence electrons. The number of rotatable bonds is 2. The van der Waals surface area contributed by atoms with Gasteiger partial charge in [-0.15, -0.1) is 10.2 Å². The minimum Gasteiger partial charge on any atom is -0.486 e. The molecule has 0 radical (unpaired) electrons. The molecular weight excluding hydrogens is 332 g/mol. The highest BCUT2D eigenvalue weighted by Crippen LogP contribution is 2.34. The number of benzene rings is 1. The predicted molar refractivity (Wildman–Crippen MR) is 95.7 cm³/mol. The Bertz CT molecular complexity index is 1170. The molecule has 0 aliphatic carbocycles. The van der Waals surface area contributed by atoms with Crippen molar-refractivity contribution < 1.29 is 9.53 Å². The van der Waals surface area contributed by atoms with Gasteiger partial charge in [0, 0.05) is 18.0 Å². The van der Waals surface area contributed by atoms with Gasteiger partial charge >= 0.3 is 0 Å². The van der Waals surface area contributed by atoms with Crippen LogP contribution in [0.3, 0.4) is 0 Å². The van der Waals surface area contributed by atoms with Crippen LogP contribution in [0.25, 0.3) is 28.1 Å². The summed E-state index contributed by atoms with van der Waals surface area (Å²) in [4.78, 5) is 18.0. The second kappa shape index (κ2) is 5.48. The van der Waals surface area contributed by atoms with Crippen molar-refractivity contribution in [1.29, 1.82) is 0 Å². The van der Waals surface area contributed by atoms with E-state index in [1.165, 1.54) is 0 Å². The summed E-state index contributed by atoms with van der Waals surface area (Å²) in [7, 11) is 1.99. The predicted octanol–water partition coefficient (Wildman–Crippen LogP) is 1.98. The number of hydrogen-bond acceptors (Lipinski definition) is 7. The fourth-order valence-corrected chi connectivity index (χ4v) is 3.18. The van der Waals surface area contributed by atoms with E-state index in [2.05, 4.69) is 25.2 Å². The quantitative estimate of drug-likeness (QED) is 0.513. The lowest BCUT2D eigenvalue weighted by Gasteiger charge is -2.26. The summed E-state index contributed by atoms with van der Waals surface area (Å²) in [6.45, 7) is 1.38. The van der Waals surface area contributed by atoms with Crippen LogP contribution in [-0.4, -0.2) is 51.3 Å². The Morgan fingerprint density at radius 3 is 3.00 bits per heavy atom. The molecule has 4 aromatic rings. The molecule has 3 aromatic heterocycles. The Morgan fingerprint density at radius 1 is 1.19 bits per heavy atom. The topological polar surface area (TPSA) is 85.5 Å². The number of fused-ring (bicyclic) bond motifs is 4. The number of carbonyl (C=O) groups excluding carboxylic acids is 1. The first kappa shape index (κ1) is 14.8. The summed E-state index contributed by atoms with van der Waals surface area (Å²) in [6.07, 6.45) is 2.55. The molecule has 0 unspecified atom stereocenters. The molecule has 8 heteroatoms. The van der Waals surface area contributed by atoms with Crippen molar-refractivity contribution >= 4 is 28.5 Å². The molecule has 4 heterocycles. The standard InChI is InChI=1S/C18H14N6O2/c1-23-7-8-26-16-14(23)9-19-24-17(21-22-18(16)24)13-6-5-11-3-2-4-12(10-25)15(11)20-13/h2-6,9-10H,7-8H2,1H3. The highest BCUT2D eigenvalue weighted by molar-refractivity contribution is 5.96. The maximum atomic E-state index is 11.3. The van der Waals surface area contributed by atoms with E-state index in [9.17, 15) is 4.79 Å². The number of pyridine rings is 1. The summed E-state index contributed by atoms with van der Waals surface area (Å²) in [6, 6.07) is 9.25. The van der Waals surface area contributed by atoms with Crippen molar-refractivity contribution in [3.05, 3.63) is 42.1 Å². The van der Waals surface area contributed by atoms with Crippen molar-refractivity contribution in [3.8, 4) is 17.3 Å². The van der Waals surface area contributed by atoms with E-state index < -0.39 is 0 Å². The van der Waals surface area contributed by atoms with E-state index in [0.29, 0.717) is 40.6 Å². The number of hydrogen-bond donors (Lipinski definition) is 0. The highest BCUT2D eigenvalue weighted by atomic mass is 16.5. The molecule has 0 N–H and O–H groups in total. The lowest BCUT2D eigenvalue weighted by Crippen LogP contribution is -2.29. The number of ether oxygens (including phenoxy) is 1. The SMILES string of the molecule is CN1CCOc2c1cnn1c(-c3ccc4cccc(C=O)c4n3)nnc21. The van der Waals surface area contributed by atoms with Crippen LogP contribution in [0.15, 0.2) is 36.5 Å². The molecule has 26 heavy (non-hydrogen) atoms. The van der Waals surface area contributed by atoms with E-state index in [0.717, 1.165) is 23.9 Å². The molecule has 0 atom stereocenters. The van der Waals surface area contributed by atoms with Crippen LogP contribution in [0, 0.1) is 0 Å². The van der Waals surface area contributed by atoms with Crippen LogP contribution < -0.4 is 9.64 Å². The summed E-state index contributed by atoms with van der Waals surface area (Å²) in [5.74, 6) is 1.17. The van der Waals surface area contributed by atoms with Gasteiger partial charge < -0.3 is 9.64 Å². The molecule has 0 saturated heterocycles. The molecule has 0 saturated carbocycles. The largest absolute Gasteiger partial charge is 0.486 e. The molecule has 0 spiro atoms. The van der Waals surface area contributed by atoms with Crippen LogP contribution in [0.4, 0.5) is 5.69 Å². The molecule has 0 fully saturated rings. The lowest BCUT2D eigenvalue weighted by molar-refractivity contribution is 0.112.